The van der Waals surface area contributed by atoms with Crippen molar-refractivity contribution in [2.45, 2.75) is 26.2 Å². The first kappa shape index (κ1) is 12.3. The Morgan fingerprint density at radius 3 is 2.89 bits per heavy atom. The van der Waals surface area contributed by atoms with Crippen LogP contribution in [-0.4, -0.2) is 16.9 Å². The van der Waals surface area contributed by atoms with E-state index in [1.54, 1.807) is 25.1 Å². The Kier molecular flexibility index (Phi) is 2.92. The lowest BCUT2D eigenvalue weighted by Crippen LogP contribution is -2.35. The number of nitriles is 1. The van der Waals surface area contributed by atoms with Crippen LogP contribution in [0.2, 0.25) is 0 Å². The molecule has 0 aromatic heterocycles. The molecule has 0 spiro atoms. The van der Waals surface area contributed by atoms with Crippen molar-refractivity contribution in [2.24, 2.45) is 5.41 Å². The molecule has 4 heteroatoms. The van der Waals surface area contributed by atoms with E-state index in [4.69, 9.17) is 10.4 Å². The molecule has 18 heavy (non-hydrogen) atoms. The largest absolute Gasteiger partial charge is 0.481 e. The van der Waals surface area contributed by atoms with Gasteiger partial charge in [0, 0.05) is 11.0 Å². The Morgan fingerprint density at radius 2 is 2.28 bits per heavy atom. The number of hydrogen-bond donors (Lipinski definition) is 1. The standard InChI is InChI=1S/C14H13NO3/c1-14(7-12(16)17)5-4-10-6-9(8-15)2-3-11(10)13(14)18/h2-3,6H,4-5,7H2,1H3,(H,16,17). The van der Waals surface area contributed by atoms with Crippen molar-refractivity contribution in [1.29, 1.82) is 5.26 Å². The average Bonchev–Trinajstić information content (AvgIpc) is 2.33. The predicted octanol–water partition coefficient (Wildman–Crippen LogP) is 2.17. The van der Waals surface area contributed by atoms with E-state index in [0.717, 1.165) is 5.56 Å². The van der Waals surface area contributed by atoms with Gasteiger partial charge in [-0.25, -0.2) is 0 Å². The SMILES string of the molecule is CC1(CC(=O)O)CCc2cc(C#N)ccc2C1=O. The third-order valence-corrected chi connectivity index (χ3v) is 3.51. The van der Waals surface area contributed by atoms with Gasteiger partial charge in [-0.1, -0.05) is 6.92 Å². The van der Waals surface area contributed by atoms with Gasteiger partial charge in [0.2, 0.25) is 0 Å². The van der Waals surface area contributed by atoms with Gasteiger partial charge in [-0.15, -0.1) is 0 Å². The van der Waals surface area contributed by atoms with Gasteiger partial charge in [0.1, 0.15) is 0 Å². The first-order valence-corrected chi connectivity index (χ1v) is 5.76. The molecule has 1 unspecified atom stereocenters. The van der Waals surface area contributed by atoms with Crippen LogP contribution < -0.4 is 0 Å². The number of fused-ring (bicyclic) bond motifs is 1. The molecular formula is C14H13NO3. The maximum absolute atomic E-state index is 12.3. The van der Waals surface area contributed by atoms with Gasteiger partial charge in [0.15, 0.2) is 5.78 Å². The van der Waals surface area contributed by atoms with Crippen molar-refractivity contribution in [2.75, 3.05) is 0 Å². The lowest BCUT2D eigenvalue weighted by atomic mass is 9.70. The van der Waals surface area contributed by atoms with E-state index in [2.05, 4.69) is 0 Å². The van der Waals surface area contributed by atoms with Gasteiger partial charge >= 0.3 is 5.97 Å². The molecule has 0 fully saturated rings. The molecule has 1 aliphatic carbocycles. The predicted molar refractivity (Wildman–Crippen MR) is 64.2 cm³/mol. The molecule has 0 radical (unpaired) electrons. The number of carbonyl (C=O) groups is 2. The van der Waals surface area contributed by atoms with Gasteiger partial charge in [-0.2, -0.15) is 5.26 Å². The highest BCUT2D eigenvalue weighted by molar-refractivity contribution is 6.04. The number of aliphatic carboxylic acids is 1. The number of benzene rings is 1. The zero-order chi connectivity index (χ0) is 13.3. The van der Waals surface area contributed by atoms with E-state index >= 15 is 0 Å². The minimum absolute atomic E-state index is 0.129. The Bertz CT molecular complexity index is 571. The van der Waals surface area contributed by atoms with Gasteiger partial charge in [0.05, 0.1) is 18.1 Å². The van der Waals surface area contributed by atoms with Crippen LogP contribution in [0.15, 0.2) is 18.2 Å². The van der Waals surface area contributed by atoms with Crippen LogP contribution >= 0.6 is 0 Å². The number of nitrogens with zero attached hydrogens (tertiary/aromatic N) is 1. The number of carboxylic acids is 1. The van der Waals surface area contributed by atoms with Crippen LogP contribution in [0.5, 0.6) is 0 Å². The summed E-state index contributed by atoms with van der Waals surface area (Å²) in [5.74, 6) is -1.08. The van der Waals surface area contributed by atoms with E-state index < -0.39 is 11.4 Å². The average molecular weight is 243 g/mol. The van der Waals surface area contributed by atoms with E-state index in [1.165, 1.54) is 0 Å². The van der Waals surface area contributed by atoms with Crippen LogP contribution in [0.1, 0.15) is 41.3 Å². The Balaban J connectivity index is 2.40. The summed E-state index contributed by atoms with van der Waals surface area (Å²) in [5.41, 5.74) is 1.11. The van der Waals surface area contributed by atoms with Gasteiger partial charge in [-0.05, 0) is 36.6 Å². The Hall–Kier alpha value is -2.15. The lowest BCUT2D eigenvalue weighted by Gasteiger charge is -2.32. The molecule has 1 aromatic rings. The summed E-state index contributed by atoms with van der Waals surface area (Å²) in [5, 5.41) is 17.7. The first-order chi connectivity index (χ1) is 8.46. The van der Waals surface area contributed by atoms with Crippen molar-refractivity contribution < 1.29 is 14.7 Å². The fourth-order valence-electron chi connectivity index (χ4n) is 2.44. The van der Waals surface area contributed by atoms with E-state index in [1.807, 2.05) is 6.07 Å². The fraction of sp³-hybridized carbons (Fsp3) is 0.357. The minimum Gasteiger partial charge on any atom is -0.481 e. The fourth-order valence-corrected chi connectivity index (χ4v) is 2.44. The maximum atomic E-state index is 12.3. The number of Topliss-reactive ketones (excluding diaryl/α,β-unsaturated/α-hetero) is 1. The van der Waals surface area contributed by atoms with Gasteiger partial charge < -0.3 is 5.11 Å². The molecular weight excluding hydrogens is 230 g/mol. The molecule has 0 aliphatic heterocycles. The smallest absolute Gasteiger partial charge is 0.304 e. The Morgan fingerprint density at radius 1 is 1.56 bits per heavy atom. The van der Waals surface area contributed by atoms with Crippen molar-refractivity contribution in [3.05, 3.63) is 34.9 Å². The molecule has 1 aliphatic rings. The second-order valence-corrected chi connectivity index (χ2v) is 4.94. The monoisotopic (exact) mass is 243 g/mol. The van der Waals surface area contributed by atoms with Crippen molar-refractivity contribution in [3.8, 4) is 6.07 Å². The highest BCUT2D eigenvalue weighted by Gasteiger charge is 2.40. The van der Waals surface area contributed by atoms with Crippen LogP contribution in [0, 0.1) is 16.7 Å². The van der Waals surface area contributed by atoms with Crippen LogP contribution in [0.3, 0.4) is 0 Å². The molecule has 2 rings (SSSR count). The Labute approximate surface area is 105 Å². The topological polar surface area (TPSA) is 78.2 Å². The third kappa shape index (κ3) is 2.00. The third-order valence-electron chi connectivity index (χ3n) is 3.51. The van der Waals surface area contributed by atoms with E-state index in [9.17, 15) is 9.59 Å². The molecule has 92 valence electrons. The highest BCUT2D eigenvalue weighted by Crippen LogP contribution is 2.38. The second kappa shape index (κ2) is 4.26. The normalized spacial score (nSPS) is 22.1. The quantitative estimate of drug-likeness (QED) is 0.863. The number of carbonyl (C=O) groups excluding carboxylic acids is 1. The number of carboxylic acid groups (broad SMARTS) is 1. The van der Waals surface area contributed by atoms with Crippen molar-refractivity contribution in [3.63, 3.8) is 0 Å². The van der Waals surface area contributed by atoms with E-state index in [0.29, 0.717) is 24.0 Å². The number of aryl methyl sites for hydroxylation is 1. The zero-order valence-electron chi connectivity index (χ0n) is 10.1. The van der Waals surface area contributed by atoms with Crippen molar-refractivity contribution in [1.82, 2.24) is 0 Å². The van der Waals surface area contributed by atoms with Crippen molar-refractivity contribution >= 4 is 11.8 Å². The summed E-state index contributed by atoms with van der Waals surface area (Å²) in [6.45, 7) is 1.70. The summed E-state index contributed by atoms with van der Waals surface area (Å²) in [4.78, 5) is 23.2. The summed E-state index contributed by atoms with van der Waals surface area (Å²) in [6, 6.07) is 6.99. The van der Waals surface area contributed by atoms with Gasteiger partial charge in [0.25, 0.3) is 0 Å². The number of hydrogen-bond acceptors (Lipinski definition) is 3. The molecule has 1 N–H and O–H groups in total. The minimum atomic E-state index is -0.956. The van der Waals surface area contributed by atoms with Gasteiger partial charge in [-0.3, -0.25) is 9.59 Å². The molecule has 1 atom stereocenters. The second-order valence-electron chi connectivity index (χ2n) is 4.94. The summed E-state index contributed by atoms with van der Waals surface area (Å²) >= 11 is 0. The molecule has 0 bridgehead atoms. The molecule has 1 aromatic carbocycles. The zero-order valence-corrected chi connectivity index (χ0v) is 10.1. The maximum Gasteiger partial charge on any atom is 0.304 e. The summed E-state index contributed by atoms with van der Waals surface area (Å²) in [7, 11) is 0. The summed E-state index contributed by atoms with van der Waals surface area (Å²) < 4.78 is 0. The molecule has 0 saturated heterocycles. The highest BCUT2D eigenvalue weighted by atomic mass is 16.4. The molecule has 4 nitrogen and oxygen atoms in total. The number of rotatable bonds is 2. The number of ketones is 1. The first-order valence-electron chi connectivity index (χ1n) is 5.76. The summed E-state index contributed by atoms with van der Waals surface area (Å²) in [6.07, 6.45) is 1.01. The van der Waals surface area contributed by atoms with Crippen LogP contribution in [0.25, 0.3) is 0 Å². The lowest BCUT2D eigenvalue weighted by molar-refractivity contribution is -0.139. The molecule has 0 saturated carbocycles. The van der Waals surface area contributed by atoms with Crippen LogP contribution in [0.4, 0.5) is 0 Å². The van der Waals surface area contributed by atoms with Crippen LogP contribution in [-0.2, 0) is 11.2 Å². The van der Waals surface area contributed by atoms with E-state index in [-0.39, 0.29) is 12.2 Å². The molecule has 0 heterocycles. The molecule has 0 amide bonds.